The first-order valence-corrected chi connectivity index (χ1v) is 9.60. The number of halogens is 3. The average molecular weight is 452 g/mol. The minimum Gasteiger partial charge on any atom is -0.321 e. The maximum Gasteiger partial charge on any atom is 0.255 e. The van der Waals surface area contributed by atoms with E-state index >= 15 is 0 Å². The van der Waals surface area contributed by atoms with Gasteiger partial charge in [0.15, 0.2) is 0 Å². The summed E-state index contributed by atoms with van der Waals surface area (Å²) in [6, 6.07) is 8.99. The molecule has 1 amide bonds. The lowest BCUT2D eigenvalue weighted by Gasteiger charge is -2.14. The predicted molar refractivity (Wildman–Crippen MR) is 99.4 cm³/mol. The van der Waals surface area contributed by atoms with Crippen molar-refractivity contribution in [3.63, 3.8) is 0 Å². The van der Waals surface area contributed by atoms with Crippen molar-refractivity contribution < 1.29 is 13.2 Å². The van der Waals surface area contributed by atoms with Crippen LogP contribution in [0.5, 0.6) is 0 Å². The number of rotatable bonds is 4. The molecule has 0 aliphatic carbocycles. The van der Waals surface area contributed by atoms with Gasteiger partial charge >= 0.3 is 0 Å². The number of amides is 1. The fourth-order valence-corrected chi connectivity index (χ4v) is 4.12. The summed E-state index contributed by atoms with van der Waals surface area (Å²) in [6.45, 7) is 0. The lowest BCUT2D eigenvalue weighted by Crippen LogP contribution is -2.23. The summed E-state index contributed by atoms with van der Waals surface area (Å²) in [4.78, 5) is 12.4. The second kappa shape index (κ2) is 7.41. The zero-order valence-corrected chi connectivity index (χ0v) is 16.6. The highest BCUT2D eigenvalue weighted by Crippen LogP contribution is 2.28. The van der Waals surface area contributed by atoms with E-state index in [4.69, 9.17) is 23.2 Å². The van der Waals surface area contributed by atoms with Gasteiger partial charge in [0.25, 0.3) is 5.91 Å². The van der Waals surface area contributed by atoms with Crippen LogP contribution < -0.4 is 5.32 Å². The number of nitrogens with one attached hydrogen (secondary N) is 1. The zero-order valence-electron chi connectivity index (χ0n) is 12.7. The summed E-state index contributed by atoms with van der Waals surface area (Å²) in [5.41, 5.74) is 0.565. The van der Waals surface area contributed by atoms with Crippen LogP contribution in [0, 0.1) is 0 Å². The minimum atomic E-state index is -3.69. The molecule has 0 atom stereocenters. The van der Waals surface area contributed by atoms with Crippen LogP contribution in [0.15, 0.2) is 45.8 Å². The zero-order chi connectivity index (χ0) is 18.1. The van der Waals surface area contributed by atoms with Crippen molar-refractivity contribution in [2.75, 3.05) is 19.4 Å². The van der Waals surface area contributed by atoms with Crippen molar-refractivity contribution in [1.29, 1.82) is 0 Å². The highest BCUT2D eigenvalue weighted by molar-refractivity contribution is 9.10. The Labute approximate surface area is 158 Å². The second-order valence-electron chi connectivity index (χ2n) is 5.01. The molecule has 0 heterocycles. The third kappa shape index (κ3) is 4.10. The van der Waals surface area contributed by atoms with Crippen LogP contribution in [-0.2, 0) is 10.0 Å². The normalized spacial score (nSPS) is 11.6. The van der Waals surface area contributed by atoms with Gasteiger partial charge in [-0.05, 0) is 52.3 Å². The number of hydrogen-bond donors (Lipinski definition) is 1. The van der Waals surface area contributed by atoms with E-state index < -0.39 is 15.9 Å². The molecule has 1 N–H and O–H groups in total. The maximum absolute atomic E-state index is 12.4. The average Bonchev–Trinajstić information content (AvgIpc) is 2.50. The van der Waals surface area contributed by atoms with Crippen molar-refractivity contribution >= 4 is 60.7 Å². The Morgan fingerprint density at radius 2 is 1.79 bits per heavy atom. The molecule has 0 aliphatic heterocycles. The van der Waals surface area contributed by atoms with Crippen molar-refractivity contribution in [2.24, 2.45) is 0 Å². The van der Waals surface area contributed by atoms with E-state index in [1.54, 1.807) is 12.1 Å². The molecule has 5 nitrogen and oxygen atoms in total. The summed E-state index contributed by atoms with van der Waals surface area (Å²) >= 11 is 15.0. The van der Waals surface area contributed by atoms with Gasteiger partial charge in [-0.15, -0.1) is 0 Å². The Morgan fingerprint density at radius 3 is 2.38 bits per heavy atom. The van der Waals surface area contributed by atoms with Crippen molar-refractivity contribution in [2.45, 2.75) is 4.90 Å². The van der Waals surface area contributed by atoms with E-state index in [-0.39, 0.29) is 15.5 Å². The molecule has 0 unspecified atom stereocenters. The monoisotopic (exact) mass is 450 g/mol. The predicted octanol–water partition coefficient (Wildman–Crippen LogP) is 4.26. The number of sulfonamides is 1. The third-order valence-corrected chi connectivity index (χ3v) is 6.49. The second-order valence-corrected chi connectivity index (χ2v) is 8.83. The standard InChI is InChI=1S/C15H13BrCl2N2O3S/c1-20(2)24(22,23)14-7-9(3-5-11(14)16)15(21)19-13-6-4-10(17)8-12(13)18/h3-8H,1-2H3,(H,19,21). The molecule has 9 heteroatoms. The van der Waals surface area contributed by atoms with Gasteiger partial charge in [-0.2, -0.15) is 0 Å². The summed E-state index contributed by atoms with van der Waals surface area (Å²) in [6.07, 6.45) is 0. The topological polar surface area (TPSA) is 66.5 Å². The summed E-state index contributed by atoms with van der Waals surface area (Å²) in [5, 5.41) is 3.36. The van der Waals surface area contributed by atoms with E-state index in [0.717, 1.165) is 4.31 Å². The van der Waals surface area contributed by atoms with Gasteiger partial charge in [0.05, 0.1) is 15.6 Å². The number of hydrogen-bond acceptors (Lipinski definition) is 3. The number of carbonyl (C=O) groups is 1. The van der Waals surface area contributed by atoms with Crippen molar-refractivity contribution in [3.8, 4) is 0 Å². The number of carbonyl (C=O) groups excluding carboxylic acids is 1. The molecule has 0 aliphatic rings. The highest BCUT2D eigenvalue weighted by Gasteiger charge is 2.22. The molecule has 0 bridgehead atoms. The molecule has 0 radical (unpaired) electrons. The van der Waals surface area contributed by atoms with E-state index in [1.165, 1.54) is 38.4 Å². The van der Waals surface area contributed by atoms with Gasteiger partial charge in [-0.1, -0.05) is 23.2 Å². The van der Waals surface area contributed by atoms with Crippen LogP contribution in [0.1, 0.15) is 10.4 Å². The largest absolute Gasteiger partial charge is 0.321 e. The Hall–Kier alpha value is -1.12. The Balaban J connectivity index is 2.37. The van der Waals surface area contributed by atoms with Crippen LogP contribution in [0.2, 0.25) is 10.0 Å². The Morgan fingerprint density at radius 1 is 1.12 bits per heavy atom. The van der Waals surface area contributed by atoms with E-state index in [9.17, 15) is 13.2 Å². The molecule has 0 aromatic heterocycles. The molecular formula is C15H13BrCl2N2O3S. The summed E-state index contributed by atoms with van der Waals surface area (Å²) in [5.74, 6) is -0.484. The summed E-state index contributed by atoms with van der Waals surface area (Å²) in [7, 11) is -0.850. The molecule has 128 valence electrons. The first-order valence-electron chi connectivity index (χ1n) is 6.61. The maximum atomic E-state index is 12.4. The molecule has 2 aromatic carbocycles. The van der Waals surface area contributed by atoms with E-state index in [2.05, 4.69) is 21.2 Å². The quantitative estimate of drug-likeness (QED) is 0.755. The molecule has 2 rings (SSSR count). The molecular weight excluding hydrogens is 439 g/mol. The lowest BCUT2D eigenvalue weighted by molar-refractivity contribution is 0.102. The van der Waals surface area contributed by atoms with Crippen LogP contribution in [0.4, 0.5) is 5.69 Å². The van der Waals surface area contributed by atoms with Crippen LogP contribution in [-0.4, -0.2) is 32.7 Å². The van der Waals surface area contributed by atoms with Crippen LogP contribution in [0.3, 0.4) is 0 Å². The first kappa shape index (κ1) is 19.2. The smallest absolute Gasteiger partial charge is 0.255 e. The number of nitrogens with zero attached hydrogens (tertiary/aromatic N) is 1. The van der Waals surface area contributed by atoms with Crippen LogP contribution >= 0.6 is 39.1 Å². The van der Waals surface area contributed by atoms with Gasteiger partial charge in [0.2, 0.25) is 10.0 Å². The highest BCUT2D eigenvalue weighted by atomic mass is 79.9. The van der Waals surface area contributed by atoms with Gasteiger partial charge in [0.1, 0.15) is 0 Å². The lowest BCUT2D eigenvalue weighted by atomic mass is 10.2. The van der Waals surface area contributed by atoms with Crippen molar-refractivity contribution in [1.82, 2.24) is 4.31 Å². The fourth-order valence-electron chi connectivity index (χ4n) is 1.82. The molecule has 2 aromatic rings. The number of anilines is 1. The summed E-state index contributed by atoms with van der Waals surface area (Å²) < 4.78 is 26.1. The molecule has 0 saturated carbocycles. The molecule has 0 spiro atoms. The Kier molecular flexibility index (Phi) is 5.93. The van der Waals surface area contributed by atoms with E-state index in [1.807, 2.05) is 0 Å². The van der Waals surface area contributed by atoms with Gasteiger partial charge in [-0.3, -0.25) is 4.79 Å². The first-order chi connectivity index (χ1) is 11.1. The Bertz CT molecular complexity index is 902. The van der Waals surface area contributed by atoms with Crippen LogP contribution in [0.25, 0.3) is 0 Å². The van der Waals surface area contributed by atoms with E-state index in [0.29, 0.717) is 15.2 Å². The fraction of sp³-hybridized carbons (Fsp3) is 0.133. The molecule has 0 fully saturated rings. The van der Waals surface area contributed by atoms with Gasteiger partial charge in [0, 0.05) is 29.2 Å². The van der Waals surface area contributed by atoms with Crippen molar-refractivity contribution in [3.05, 3.63) is 56.5 Å². The molecule has 0 saturated heterocycles. The van der Waals surface area contributed by atoms with Gasteiger partial charge < -0.3 is 5.32 Å². The SMILES string of the molecule is CN(C)S(=O)(=O)c1cc(C(=O)Nc2ccc(Cl)cc2Cl)ccc1Br. The minimum absolute atomic E-state index is 0.00218. The number of benzene rings is 2. The van der Waals surface area contributed by atoms with Gasteiger partial charge in [-0.25, -0.2) is 12.7 Å². The molecule has 24 heavy (non-hydrogen) atoms. The third-order valence-electron chi connectivity index (χ3n) is 3.13.